The average Bonchev–Trinajstić information content (AvgIpc) is 2.87. The molecule has 1 heterocycles. The highest BCUT2D eigenvalue weighted by Gasteiger charge is 2.17. The van der Waals surface area contributed by atoms with E-state index in [1.807, 2.05) is 50.2 Å². The highest BCUT2D eigenvalue weighted by atomic mass is 79.9. The third kappa shape index (κ3) is 5.82. The van der Waals surface area contributed by atoms with Crippen molar-refractivity contribution in [1.82, 2.24) is 9.66 Å². The van der Waals surface area contributed by atoms with Crippen LogP contribution in [0.5, 0.6) is 11.5 Å². The fraction of sp³-hybridized carbons (Fsp3) is 0.222. The van der Waals surface area contributed by atoms with E-state index in [2.05, 4.69) is 37.0 Å². The van der Waals surface area contributed by atoms with Crippen molar-refractivity contribution in [3.63, 3.8) is 0 Å². The monoisotopic (exact) mass is 631 g/mol. The van der Waals surface area contributed by atoms with Gasteiger partial charge in [-0.3, -0.25) is 4.79 Å². The standard InChI is InChI=1S/C27H24Br2ClN3O3/c1-4-16(2)26-32-23-10-9-20(29)12-22(23)27(34)33(26)31-14-18-11-21(30)13-24(35-3)25(18)36-15-17-5-7-19(28)8-6-17/h5-14,16H,4,15H2,1-3H3/t16-/m1/s1. The number of rotatable bonds is 8. The number of benzene rings is 3. The molecule has 186 valence electrons. The molecule has 0 amide bonds. The van der Waals surface area contributed by atoms with Crippen LogP contribution in [0.2, 0.25) is 5.02 Å². The van der Waals surface area contributed by atoms with Crippen LogP contribution in [0.4, 0.5) is 0 Å². The molecule has 3 aromatic carbocycles. The summed E-state index contributed by atoms with van der Waals surface area (Å²) in [5.74, 6) is 1.55. The molecule has 1 aromatic heterocycles. The quantitative estimate of drug-likeness (QED) is 0.188. The molecule has 4 rings (SSSR count). The Balaban J connectivity index is 1.80. The average molecular weight is 634 g/mol. The van der Waals surface area contributed by atoms with Crippen molar-refractivity contribution in [3.05, 3.63) is 95.9 Å². The molecule has 0 aliphatic rings. The molecule has 6 nitrogen and oxygen atoms in total. The van der Waals surface area contributed by atoms with Crippen LogP contribution in [0.3, 0.4) is 0 Å². The molecule has 1 atom stereocenters. The Bertz CT molecular complexity index is 1490. The second-order valence-corrected chi connectivity index (χ2v) is 10.5. The van der Waals surface area contributed by atoms with E-state index in [0.29, 0.717) is 45.4 Å². The maximum Gasteiger partial charge on any atom is 0.282 e. The van der Waals surface area contributed by atoms with Crippen LogP contribution in [0.1, 0.15) is 43.1 Å². The van der Waals surface area contributed by atoms with E-state index < -0.39 is 0 Å². The lowest BCUT2D eigenvalue weighted by molar-refractivity contribution is 0.284. The maximum atomic E-state index is 13.5. The third-order valence-electron chi connectivity index (χ3n) is 5.76. The minimum atomic E-state index is -0.251. The molecule has 0 fully saturated rings. The van der Waals surface area contributed by atoms with Crippen molar-refractivity contribution in [1.29, 1.82) is 0 Å². The van der Waals surface area contributed by atoms with E-state index in [1.54, 1.807) is 31.5 Å². The number of nitrogens with zero attached hydrogens (tertiary/aromatic N) is 3. The lowest BCUT2D eigenvalue weighted by atomic mass is 10.1. The first-order valence-corrected chi connectivity index (χ1v) is 13.3. The molecule has 0 saturated heterocycles. The molecule has 0 unspecified atom stereocenters. The number of hydrogen-bond donors (Lipinski definition) is 0. The van der Waals surface area contributed by atoms with E-state index in [0.717, 1.165) is 20.9 Å². The van der Waals surface area contributed by atoms with Gasteiger partial charge < -0.3 is 9.47 Å². The topological polar surface area (TPSA) is 65.7 Å². The minimum absolute atomic E-state index is 0.0184. The summed E-state index contributed by atoms with van der Waals surface area (Å²) < 4.78 is 14.8. The number of ether oxygens (including phenoxy) is 2. The van der Waals surface area contributed by atoms with E-state index in [-0.39, 0.29) is 11.5 Å². The molecule has 0 spiro atoms. The summed E-state index contributed by atoms with van der Waals surface area (Å²) in [5, 5.41) is 5.50. The normalized spacial score (nSPS) is 12.3. The summed E-state index contributed by atoms with van der Waals surface area (Å²) >= 11 is 13.2. The summed E-state index contributed by atoms with van der Waals surface area (Å²) in [7, 11) is 1.55. The van der Waals surface area contributed by atoms with Crippen LogP contribution in [0, 0.1) is 0 Å². The van der Waals surface area contributed by atoms with E-state index in [1.165, 1.54) is 4.68 Å². The van der Waals surface area contributed by atoms with Gasteiger partial charge in [0.1, 0.15) is 12.4 Å². The number of hydrogen-bond acceptors (Lipinski definition) is 5. The van der Waals surface area contributed by atoms with Crippen molar-refractivity contribution in [2.45, 2.75) is 32.8 Å². The van der Waals surface area contributed by atoms with Crippen LogP contribution in [0.25, 0.3) is 10.9 Å². The molecular formula is C27H24Br2ClN3O3. The lowest BCUT2D eigenvalue weighted by Gasteiger charge is -2.15. The van der Waals surface area contributed by atoms with Gasteiger partial charge in [-0.25, -0.2) is 4.98 Å². The van der Waals surface area contributed by atoms with E-state index in [9.17, 15) is 4.79 Å². The highest BCUT2D eigenvalue weighted by Crippen LogP contribution is 2.34. The van der Waals surface area contributed by atoms with Gasteiger partial charge in [0.2, 0.25) is 0 Å². The first-order chi connectivity index (χ1) is 17.3. The molecule has 0 bridgehead atoms. The van der Waals surface area contributed by atoms with Gasteiger partial charge >= 0.3 is 0 Å². The minimum Gasteiger partial charge on any atom is -0.493 e. The summed E-state index contributed by atoms with van der Waals surface area (Å²) in [5.41, 5.74) is 1.94. The van der Waals surface area contributed by atoms with Gasteiger partial charge in [0.15, 0.2) is 11.5 Å². The predicted molar refractivity (Wildman–Crippen MR) is 152 cm³/mol. The van der Waals surface area contributed by atoms with Crippen LogP contribution >= 0.6 is 43.5 Å². The van der Waals surface area contributed by atoms with Crippen LogP contribution in [-0.2, 0) is 6.61 Å². The molecular weight excluding hydrogens is 610 g/mol. The number of fused-ring (bicyclic) bond motifs is 1. The van der Waals surface area contributed by atoms with Crippen molar-refractivity contribution >= 4 is 60.6 Å². The Morgan fingerprint density at radius 3 is 2.53 bits per heavy atom. The first kappa shape index (κ1) is 26.4. The van der Waals surface area contributed by atoms with E-state index >= 15 is 0 Å². The fourth-order valence-corrected chi connectivity index (χ4v) is 4.47. The molecule has 0 aliphatic carbocycles. The fourth-order valence-electron chi connectivity index (χ4n) is 3.63. The van der Waals surface area contributed by atoms with Crippen molar-refractivity contribution in [2.75, 3.05) is 7.11 Å². The summed E-state index contributed by atoms with van der Waals surface area (Å²) in [6.07, 6.45) is 2.36. The Morgan fingerprint density at radius 1 is 1.11 bits per heavy atom. The number of methoxy groups -OCH3 is 1. The molecule has 0 saturated carbocycles. The largest absolute Gasteiger partial charge is 0.493 e. The molecule has 36 heavy (non-hydrogen) atoms. The smallest absolute Gasteiger partial charge is 0.282 e. The van der Waals surface area contributed by atoms with E-state index in [4.69, 9.17) is 26.1 Å². The van der Waals surface area contributed by atoms with Gasteiger partial charge in [-0.1, -0.05) is 69.4 Å². The van der Waals surface area contributed by atoms with Gasteiger partial charge in [0.25, 0.3) is 5.56 Å². The zero-order valence-electron chi connectivity index (χ0n) is 20.0. The Kier molecular flexibility index (Phi) is 8.49. The van der Waals surface area contributed by atoms with Crippen molar-refractivity contribution < 1.29 is 9.47 Å². The lowest BCUT2D eigenvalue weighted by Crippen LogP contribution is -2.23. The van der Waals surface area contributed by atoms with Gasteiger partial charge in [-0.05, 0) is 48.4 Å². The Morgan fingerprint density at radius 2 is 1.83 bits per heavy atom. The summed E-state index contributed by atoms with van der Waals surface area (Å²) in [6, 6.07) is 16.7. The summed E-state index contributed by atoms with van der Waals surface area (Å²) in [6.45, 7) is 4.38. The first-order valence-electron chi connectivity index (χ1n) is 11.3. The molecule has 0 radical (unpaired) electrons. The summed E-state index contributed by atoms with van der Waals surface area (Å²) in [4.78, 5) is 18.2. The van der Waals surface area contributed by atoms with Gasteiger partial charge in [0, 0.05) is 31.5 Å². The predicted octanol–water partition coefficient (Wildman–Crippen LogP) is 7.56. The highest BCUT2D eigenvalue weighted by molar-refractivity contribution is 9.10. The van der Waals surface area contributed by atoms with Gasteiger partial charge in [0.05, 0.1) is 24.2 Å². The number of aromatic nitrogens is 2. The second-order valence-electron chi connectivity index (χ2n) is 8.24. The van der Waals surface area contributed by atoms with Crippen molar-refractivity contribution in [3.8, 4) is 11.5 Å². The Labute approximate surface area is 231 Å². The second kappa shape index (κ2) is 11.6. The van der Waals surface area contributed by atoms with Crippen molar-refractivity contribution in [2.24, 2.45) is 5.10 Å². The Hall–Kier alpha value is -2.68. The number of halogens is 3. The molecule has 0 N–H and O–H groups in total. The molecule has 4 aromatic rings. The zero-order chi connectivity index (χ0) is 25.8. The van der Waals surface area contributed by atoms with Crippen LogP contribution < -0.4 is 15.0 Å². The van der Waals surface area contributed by atoms with Gasteiger partial charge in [-0.2, -0.15) is 9.78 Å². The molecule has 0 aliphatic heterocycles. The molecule has 9 heteroatoms. The van der Waals surface area contributed by atoms with Gasteiger partial charge in [-0.15, -0.1) is 0 Å². The van der Waals surface area contributed by atoms with Crippen LogP contribution in [-0.4, -0.2) is 23.0 Å². The third-order valence-corrected chi connectivity index (χ3v) is 7.00. The van der Waals surface area contributed by atoms with Crippen LogP contribution in [0.15, 0.2) is 73.4 Å². The zero-order valence-corrected chi connectivity index (χ0v) is 23.9. The maximum absolute atomic E-state index is 13.5. The SMILES string of the molecule is CC[C@@H](C)c1nc2ccc(Br)cc2c(=O)n1N=Cc1cc(Cl)cc(OC)c1OCc1ccc(Br)cc1.